The van der Waals surface area contributed by atoms with E-state index < -0.39 is 17.1 Å². The lowest BCUT2D eigenvalue weighted by Gasteiger charge is -2.22. The molecule has 0 atom stereocenters. The zero-order valence-corrected chi connectivity index (χ0v) is 15.9. The van der Waals surface area contributed by atoms with Crippen molar-refractivity contribution < 1.29 is 9.13 Å². The summed E-state index contributed by atoms with van der Waals surface area (Å²) in [5.41, 5.74) is 0.257. The monoisotopic (exact) mass is 380 g/mol. The van der Waals surface area contributed by atoms with E-state index in [1.54, 1.807) is 4.57 Å². The summed E-state index contributed by atoms with van der Waals surface area (Å²) in [6.07, 6.45) is 2.93. The molecular formula is C19H22ClFN2O3. The van der Waals surface area contributed by atoms with E-state index in [9.17, 15) is 14.0 Å². The number of halogens is 2. The van der Waals surface area contributed by atoms with Crippen molar-refractivity contribution in [3.8, 4) is 11.4 Å². The van der Waals surface area contributed by atoms with Crippen molar-refractivity contribution in [3.63, 3.8) is 0 Å². The summed E-state index contributed by atoms with van der Waals surface area (Å²) in [5.74, 6) is -0.492. The Balaban J connectivity index is 2.31. The van der Waals surface area contributed by atoms with Gasteiger partial charge >= 0.3 is 5.69 Å². The van der Waals surface area contributed by atoms with Crippen LogP contribution in [0.1, 0.15) is 44.9 Å². The largest absolute Gasteiger partial charge is 0.489 e. The predicted molar refractivity (Wildman–Crippen MR) is 99.3 cm³/mol. The highest BCUT2D eigenvalue weighted by Crippen LogP contribution is 2.30. The predicted octanol–water partition coefficient (Wildman–Crippen LogP) is 3.48. The molecule has 0 saturated carbocycles. The highest BCUT2D eigenvalue weighted by Gasteiger charge is 2.24. The number of ether oxygens (including phenoxy) is 1. The maximum absolute atomic E-state index is 14.6. The van der Waals surface area contributed by atoms with Gasteiger partial charge in [0.2, 0.25) is 0 Å². The van der Waals surface area contributed by atoms with E-state index in [-0.39, 0.29) is 22.6 Å². The summed E-state index contributed by atoms with van der Waals surface area (Å²) in [4.78, 5) is 25.9. The van der Waals surface area contributed by atoms with Crippen LogP contribution in [0.15, 0.2) is 21.7 Å². The van der Waals surface area contributed by atoms with Crippen LogP contribution in [0.2, 0.25) is 5.02 Å². The lowest BCUT2D eigenvalue weighted by atomic mass is 9.96. The van der Waals surface area contributed by atoms with Gasteiger partial charge in [-0.15, -0.1) is 0 Å². The quantitative estimate of drug-likeness (QED) is 0.816. The molecule has 1 aromatic heterocycles. The van der Waals surface area contributed by atoms with Crippen LogP contribution in [-0.2, 0) is 19.4 Å². The van der Waals surface area contributed by atoms with E-state index in [0.29, 0.717) is 24.9 Å². The molecule has 0 bridgehead atoms. The average Bonchev–Trinajstić information content (AvgIpc) is 2.59. The van der Waals surface area contributed by atoms with Gasteiger partial charge in [0.1, 0.15) is 11.6 Å². The van der Waals surface area contributed by atoms with Gasteiger partial charge < -0.3 is 4.74 Å². The van der Waals surface area contributed by atoms with Crippen LogP contribution < -0.4 is 16.0 Å². The minimum atomic E-state index is -0.733. The third-order valence-corrected chi connectivity index (χ3v) is 4.86. The number of fused-ring (bicyclic) bond motifs is 1. The standard InChI is InChI=1S/C19H22ClFN2O3/c1-4-22-15-8-6-5-7-12(15)18(24)23(19(22)25)16-10-17(26-11(2)3)13(20)9-14(16)21/h9-11H,4-8H2,1-3H3. The Morgan fingerprint density at radius 2 is 1.92 bits per heavy atom. The average molecular weight is 381 g/mol. The van der Waals surface area contributed by atoms with Gasteiger partial charge in [-0.3, -0.25) is 9.36 Å². The lowest BCUT2D eigenvalue weighted by molar-refractivity contribution is 0.242. The van der Waals surface area contributed by atoms with Gasteiger partial charge in [-0.25, -0.2) is 13.8 Å². The fraction of sp³-hybridized carbons (Fsp3) is 0.474. The van der Waals surface area contributed by atoms with Crippen LogP contribution in [0.4, 0.5) is 4.39 Å². The van der Waals surface area contributed by atoms with Gasteiger partial charge in [0.15, 0.2) is 0 Å². The van der Waals surface area contributed by atoms with Crippen molar-refractivity contribution in [2.24, 2.45) is 0 Å². The van der Waals surface area contributed by atoms with Crippen molar-refractivity contribution >= 4 is 11.6 Å². The molecule has 0 amide bonds. The Morgan fingerprint density at radius 1 is 1.23 bits per heavy atom. The first-order valence-electron chi connectivity index (χ1n) is 8.88. The van der Waals surface area contributed by atoms with E-state index in [1.807, 2.05) is 20.8 Å². The van der Waals surface area contributed by atoms with Crippen molar-refractivity contribution in [2.75, 3.05) is 0 Å². The Morgan fingerprint density at radius 3 is 2.58 bits per heavy atom. The van der Waals surface area contributed by atoms with Crippen LogP contribution in [-0.4, -0.2) is 15.2 Å². The van der Waals surface area contributed by atoms with Gasteiger partial charge in [0.25, 0.3) is 5.56 Å². The fourth-order valence-corrected chi connectivity index (χ4v) is 3.64. The topological polar surface area (TPSA) is 53.2 Å². The summed E-state index contributed by atoms with van der Waals surface area (Å²) in [6.45, 7) is 5.89. The number of hydrogen-bond donors (Lipinski definition) is 0. The number of rotatable bonds is 4. The molecule has 0 radical (unpaired) electrons. The smallest absolute Gasteiger partial charge is 0.335 e. The molecule has 140 valence electrons. The van der Waals surface area contributed by atoms with Gasteiger partial charge in [-0.2, -0.15) is 0 Å². The molecule has 7 heteroatoms. The minimum Gasteiger partial charge on any atom is -0.489 e. The first-order chi connectivity index (χ1) is 12.3. The molecule has 1 heterocycles. The van der Waals surface area contributed by atoms with Crippen molar-refractivity contribution in [1.29, 1.82) is 0 Å². The van der Waals surface area contributed by atoms with Gasteiger partial charge in [0, 0.05) is 23.9 Å². The molecule has 0 unspecified atom stereocenters. The molecular weight excluding hydrogens is 359 g/mol. The van der Waals surface area contributed by atoms with Crippen molar-refractivity contribution in [1.82, 2.24) is 9.13 Å². The normalized spacial score (nSPS) is 13.8. The van der Waals surface area contributed by atoms with Crippen LogP contribution in [0.25, 0.3) is 5.69 Å². The highest BCUT2D eigenvalue weighted by atomic mass is 35.5. The van der Waals surface area contributed by atoms with E-state index in [0.717, 1.165) is 29.2 Å². The van der Waals surface area contributed by atoms with Crippen LogP contribution in [0.5, 0.6) is 5.75 Å². The van der Waals surface area contributed by atoms with Gasteiger partial charge in [0.05, 0.1) is 16.8 Å². The Hall–Kier alpha value is -2.08. The Kier molecular flexibility index (Phi) is 5.23. The van der Waals surface area contributed by atoms with Crippen LogP contribution in [0.3, 0.4) is 0 Å². The van der Waals surface area contributed by atoms with Crippen LogP contribution >= 0.6 is 11.6 Å². The molecule has 0 N–H and O–H groups in total. The summed E-state index contributed by atoms with van der Waals surface area (Å²) in [5, 5.41) is 0.0989. The number of hydrogen-bond acceptors (Lipinski definition) is 3. The molecule has 1 aromatic carbocycles. The second kappa shape index (κ2) is 7.27. The lowest BCUT2D eigenvalue weighted by Crippen LogP contribution is -2.43. The first-order valence-corrected chi connectivity index (χ1v) is 9.26. The number of nitrogens with zero attached hydrogens (tertiary/aromatic N) is 2. The molecule has 26 heavy (non-hydrogen) atoms. The van der Waals surface area contributed by atoms with E-state index in [2.05, 4.69) is 0 Å². The molecule has 0 spiro atoms. The summed E-state index contributed by atoms with van der Waals surface area (Å²) in [7, 11) is 0. The maximum atomic E-state index is 14.6. The second-order valence-electron chi connectivity index (χ2n) is 6.70. The molecule has 2 aromatic rings. The third kappa shape index (κ3) is 3.18. The molecule has 1 aliphatic carbocycles. The molecule has 0 fully saturated rings. The summed E-state index contributed by atoms with van der Waals surface area (Å²) >= 11 is 6.05. The first kappa shape index (κ1) is 18.7. The molecule has 5 nitrogen and oxygen atoms in total. The van der Waals surface area contributed by atoms with E-state index in [1.165, 1.54) is 6.07 Å². The molecule has 0 saturated heterocycles. The Labute approximate surface area is 156 Å². The van der Waals surface area contributed by atoms with E-state index in [4.69, 9.17) is 16.3 Å². The Bertz CT molecular complexity index is 931. The number of aromatic nitrogens is 2. The maximum Gasteiger partial charge on any atom is 0.335 e. The zero-order valence-electron chi connectivity index (χ0n) is 15.1. The van der Waals surface area contributed by atoms with E-state index >= 15 is 0 Å². The van der Waals surface area contributed by atoms with Gasteiger partial charge in [-0.05, 0) is 52.5 Å². The molecule has 3 rings (SSSR count). The number of benzene rings is 1. The van der Waals surface area contributed by atoms with Crippen molar-refractivity contribution in [3.05, 3.63) is 55.1 Å². The highest BCUT2D eigenvalue weighted by molar-refractivity contribution is 6.32. The SMILES string of the molecule is CCn1c2c(c(=O)n(-c3cc(OC(C)C)c(Cl)cc3F)c1=O)CCCC2. The van der Waals surface area contributed by atoms with Crippen molar-refractivity contribution in [2.45, 2.75) is 59.1 Å². The third-order valence-electron chi connectivity index (χ3n) is 4.57. The van der Waals surface area contributed by atoms with Gasteiger partial charge in [-0.1, -0.05) is 11.6 Å². The fourth-order valence-electron chi connectivity index (χ4n) is 3.45. The second-order valence-corrected chi connectivity index (χ2v) is 7.11. The van der Waals surface area contributed by atoms with Crippen LogP contribution in [0, 0.1) is 5.82 Å². The molecule has 0 aliphatic heterocycles. The summed E-state index contributed by atoms with van der Waals surface area (Å²) in [6, 6.07) is 2.41. The minimum absolute atomic E-state index is 0.0989. The summed E-state index contributed by atoms with van der Waals surface area (Å²) < 4.78 is 22.7. The molecule has 1 aliphatic rings. The zero-order chi connectivity index (χ0) is 19.0.